The van der Waals surface area contributed by atoms with Crippen LogP contribution in [-0.4, -0.2) is 36.1 Å². The topological polar surface area (TPSA) is 43.2 Å². The van der Waals surface area contributed by atoms with Gasteiger partial charge in [-0.3, -0.25) is 9.88 Å². The van der Waals surface area contributed by atoms with Crippen LogP contribution in [0.5, 0.6) is 0 Å². The number of halogens is 1. The van der Waals surface area contributed by atoms with Gasteiger partial charge in [-0.2, -0.15) is 5.26 Å². The molecule has 5 heteroatoms. The number of nitriles is 1. The van der Waals surface area contributed by atoms with E-state index in [9.17, 15) is 5.26 Å². The highest BCUT2D eigenvalue weighted by molar-refractivity contribution is 6.30. The van der Waals surface area contributed by atoms with E-state index in [0.29, 0.717) is 5.56 Å². The molecule has 0 bridgehead atoms. The van der Waals surface area contributed by atoms with Crippen molar-refractivity contribution in [3.8, 4) is 6.07 Å². The molecule has 0 spiro atoms. The van der Waals surface area contributed by atoms with Crippen LogP contribution < -0.4 is 4.90 Å². The third-order valence-electron chi connectivity index (χ3n) is 4.43. The first-order valence-electron chi connectivity index (χ1n) is 8.17. The van der Waals surface area contributed by atoms with Crippen LogP contribution in [0.3, 0.4) is 0 Å². The van der Waals surface area contributed by atoms with E-state index in [1.165, 1.54) is 5.56 Å². The fourth-order valence-electron chi connectivity index (χ4n) is 3.24. The molecule has 0 saturated carbocycles. The molecular weight excluding hydrogens is 320 g/mol. The average molecular weight is 341 g/mol. The molecule has 1 aromatic heterocycles. The maximum Gasteiger partial charge on any atom is 0.103 e. The van der Waals surface area contributed by atoms with Gasteiger partial charge in [-0.05, 0) is 37.6 Å². The molecule has 2 aromatic rings. The number of aryl methyl sites for hydroxylation is 2. The fourth-order valence-corrected chi connectivity index (χ4v) is 3.45. The summed E-state index contributed by atoms with van der Waals surface area (Å²) >= 11 is 6.07. The minimum atomic E-state index is 0.698. The minimum absolute atomic E-state index is 0.698. The van der Waals surface area contributed by atoms with Crippen molar-refractivity contribution < 1.29 is 0 Å². The molecule has 1 saturated heterocycles. The number of anilines is 1. The van der Waals surface area contributed by atoms with Gasteiger partial charge in [0, 0.05) is 43.4 Å². The lowest BCUT2D eigenvalue weighted by molar-refractivity contribution is 0.250. The second-order valence-electron chi connectivity index (χ2n) is 6.25. The van der Waals surface area contributed by atoms with E-state index in [-0.39, 0.29) is 0 Å². The largest absolute Gasteiger partial charge is 0.368 e. The number of benzene rings is 1. The Hall–Kier alpha value is -2.09. The van der Waals surface area contributed by atoms with E-state index in [4.69, 9.17) is 11.6 Å². The molecule has 0 aliphatic carbocycles. The normalized spacial score (nSPS) is 15.3. The maximum absolute atomic E-state index is 9.45. The van der Waals surface area contributed by atoms with Crippen LogP contribution in [-0.2, 0) is 6.54 Å². The second-order valence-corrected chi connectivity index (χ2v) is 6.68. The smallest absolute Gasteiger partial charge is 0.103 e. The van der Waals surface area contributed by atoms with Gasteiger partial charge in [0.1, 0.15) is 6.07 Å². The molecule has 0 atom stereocenters. The number of pyridine rings is 1. The van der Waals surface area contributed by atoms with Crippen LogP contribution in [0.2, 0.25) is 5.02 Å². The van der Waals surface area contributed by atoms with Crippen LogP contribution in [0.4, 0.5) is 5.69 Å². The molecule has 1 aromatic carbocycles. The van der Waals surface area contributed by atoms with Crippen LogP contribution in [0, 0.1) is 25.2 Å². The molecule has 0 unspecified atom stereocenters. The Kier molecular flexibility index (Phi) is 5.03. The van der Waals surface area contributed by atoms with Crippen molar-refractivity contribution in [1.29, 1.82) is 5.26 Å². The van der Waals surface area contributed by atoms with Crippen molar-refractivity contribution in [2.75, 3.05) is 31.1 Å². The van der Waals surface area contributed by atoms with Gasteiger partial charge in [-0.1, -0.05) is 23.7 Å². The predicted molar refractivity (Wildman–Crippen MR) is 97.4 cm³/mol. The Morgan fingerprint density at radius 2 is 1.92 bits per heavy atom. The van der Waals surface area contributed by atoms with Crippen molar-refractivity contribution in [2.45, 2.75) is 20.4 Å². The molecule has 1 aliphatic rings. The summed E-state index contributed by atoms with van der Waals surface area (Å²) in [5.41, 5.74) is 4.73. The molecule has 1 aliphatic heterocycles. The van der Waals surface area contributed by atoms with Gasteiger partial charge in [0.05, 0.1) is 16.9 Å². The lowest BCUT2D eigenvalue weighted by Crippen LogP contribution is -2.46. The standard InChI is InChI=1S/C19H21ClN4/c1-14-10-19(18(12-21)15(2)22-14)24-8-6-23(7-9-24)13-16-4-3-5-17(20)11-16/h3-5,10-11H,6-9,13H2,1-2H3. The Balaban J connectivity index is 1.69. The van der Waals surface area contributed by atoms with E-state index < -0.39 is 0 Å². The summed E-state index contributed by atoms with van der Waals surface area (Å²) in [6.45, 7) is 8.57. The first kappa shape index (κ1) is 16.8. The molecule has 0 radical (unpaired) electrons. The summed E-state index contributed by atoms with van der Waals surface area (Å²) in [4.78, 5) is 9.13. The summed E-state index contributed by atoms with van der Waals surface area (Å²) in [6.07, 6.45) is 0. The third-order valence-corrected chi connectivity index (χ3v) is 4.66. The Morgan fingerprint density at radius 1 is 1.17 bits per heavy atom. The fraction of sp³-hybridized carbons (Fsp3) is 0.368. The molecular formula is C19H21ClN4. The van der Waals surface area contributed by atoms with Crippen molar-refractivity contribution in [1.82, 2.24) is 9.88 Å². The minimum Gasteiger partial charge on any atom is -0.368 e. The van der Waals surface area contributed by atoms with Crippen molar-refractivity contribution >= 4 is 17.3 Å². The number of nitrogens with zero attached hydrogens (tertiary/aromatic N) is 4. The van der Waals surface area contributed by atoms with E-state index in [1.54, 1.807) is 0 Å². The SMILES string of the molecule is Cc1cc(N2CCN(Cc3cccc(Cl)c3)CC2)c(C#N)c(C)n1. The monoisotopic (exact) mass is 340 g/mol. The van der Waals surface area contributed by atoms with Crippen LogP contribution in [0.1, 0.15) is 22.5 Å². The molecule has 1 fully saturated rings. The summed E-state index contributed by atoms with van der Waals surface area (Å²) in [6, 6.07) is 12.4. The Morgan fingerprint density at radius 3 is 2.58 bits per heavy atom. The second kappa shape index (κ2) is 7.21. The number of hydrogen-bond donors (Lipinski definition) is 0. The van der Waals surface area contributed by atoms with Gasteiger partial charge in [0.15, 0.2) is 0 Å². The maximum atomic E-state index is 9.45. The zero-order chi connectivity index (χ0) is 17.1. The summed E-state index contributed by atoms with van der Waals surface area (Å²) < 4.78 is 0. The molecule has 3 rings (SSSR count). The van der Waals surface area contributed by atoms with Crippen molar-refractivity contribution in [3.63, 3.8) is 0 Å². The highest BCUT2D eigenvalue weighted by atomic mass is 35.5. The van der Waals surface area contributed by atoms with Gasteiger partial charge in [-0.15, -0.1) is 0 Å². The summed E-state index contributed by atoms with van der Waals surface area (Å²) in [5, 5.41) is 10.2. The lowest BCUT2D eigenvalue weighted by atomic mass is 10.1. The van der Waals surface area contributed by atoms with Gasteiger partial charge in [-0.25, -0.2) is 0 Å². The van der Waals surface area contributed by atoms with Crippen molar-refractivity contribution in [2.24, 2.45) is 0 Å². The van der Waals surface area contributed by atoms with Gasteiger partial charge >= 0.3 is 0 Å². The number of hydrogen-bond acceptors (Lipinski definition) is 4. The quantitative estimate of drug-likeness (QED) is 0.857. The van der Waals surface area contributed by atoms with E-state index in [0.717, 1.165) is 54.8 Å². The molecule has 24 heavy (non-hydrogen) atoms. The van der Waals surface area contributed by atoms with Crippen LogP contribution in [0.15, 0.2) is 30.3 Å². The number of rotatable bonds is 3. The molecule has 124 valence electrons. The first-order chi connectivity index (χ1) is 11.6. The predicted octanol–water partition coefficient (Wildman–Crippen LogP) is 3.55. The number of aromatic nitrogens is 1. The van der Waals surface area contributed by atoms with Gasteiger partial charge in [0.2, 0.25) is 0 Å². The highest BCUT2D eigenvalue weighted by Gasteiger charge is 2.21. The highest BCUT2D eigenvalue weighted by Crippen LogP contribution is 2.25. The molecule has 0 N–H and O–H groups in total. The van der Waals surface area contributed by atoms with Crippen LogP contribution >= 0.6 is 11.6 Å². The summed E-state index contributed by atoms with van der Waals surface area (Å²) in [5.74, 6) is 0. The average Bonchev–Trinajstić information content (AvgIpc) is 2.55. The molecule has 0 amide bonds. The zero-order valence-corrected chi connectivity index (χ0v) is 14.8. The van der Waals surface area contributed by atoms with Crippen molar-refractivity contribution in [3.05, 3.63) is 57.9 Å². The van der Waals surface area contributed by atoms with E-state index in [2.05, 4.69) is 26.9 Å². The molecule has 4 nitrogen and oxygen atoms in total. The van der Waals surface area contributed by atoms with E-state index >= 15 is 0 Å². The number of piperazine rings is 1. The van der Waals surface area contributed by atoms with Gasteiger partial charge in [0.25, 0.3) is 0 Å². The lowest BCUT2D eigenvalue weighted by Gasteiger charge is -2.36. The zero-order valence-electron chi connectivity index (χ0n) is 14.1. The third kappa shape index (κ3) is 3.69. The Bertz CT molecular complexity index is 773. The summed E-state index contributed by atoms with van der Waals surface area (Å²) in [7, 11) is 0. The van der Waals surface area contributed by atoms with E-state index in [1.807, 2.05) is 38.1 Å². The van der Waals surface area contributed by atoms with Crippen LogP contribution in [0.25, 0.3) is 0 Å². The first-order valence-corrected chi connectivity index (χ1v) is 8.54. The molecule has 2 heterocycles. The van der Waals surface area contributed by atoms with Gasteiger partial charge < -0.3 is 4.90 Å². The Labute approximate surface area is 148 Å².